The summed E-state index contributed by atoms with van der Waals surface area (Å²) in [4.78, 5) is 35.8. The number of hydrogen-bond acceptors (Lipinski definition) is 7. The lowest BCUT2D eigenvalue weighted by Gasteiger charge is -2.38. The number of piperazine rings is 1. The van der Waals surface area contributed by atoms with Crippen molar-refractivity contribution in [1.29, 1.82) is 5.26 Å². The molecule has 1 aromatic heterocycles. The highest BCUT2D eigenvalue weighted by molar-refractivity contribution is 6.35. The Morgan fingerprint density at radius 1 is 0.944 bits per heavy atom. The topological polar surface area (TPSA) is 99.0 Å². The summed E-state index contributed by atoms with van der Waals surface area (Å²) in [7, 11) is 0. The third-order valence-electron chi connectivity index (χ3n) is 7.11. The Morgan fingerprint density at radius 2 is 1.58 bits per heavy atom. The van der Waals surface area contributed by atoms with Crippen LogP contribution in [0.4, 0.5) is 5.82 Å². The number of morpholine rings is 1. The molecule has 2 amide bonds. The fraction of sp³-hybridized carbons (Fsp3) is 0.481. The summed E-state index contributed by atoms with van der Waals surface area (Å²) in [6.07, 6.45) is 0.618. The van der Waals surface area contributed by atoms with Gasteiger partial charge in [0.2, 0.25) is 0 Å². The van der Waals surface area contributed by atoms with E-state index in [0.29, 0.717) is 76.9 Å². The molecule has 3 aliphatic heterocycles. The number of ether oxygens (including phenoxy) is 2. The zero-order chi connectivity index (χ0) is 25.3. The molecule has 1 aromatic carbocycles. The highest BCUT2D eigenvalue weighted by Gasteiger charge is 2.35. The third-order valence-corrected chi connectivity index (χ3v) is 7.11. The first-order valence-corrected chi connectivity index (χ1v) is 12.4. The molecule has 0 unspecified atom stereocenters. The van der Waals surface area contributed by atoms with Crippen molar-refractivity contribution in [2.45, 2.75) is 32.5 Å². The molecule has 188 valence electrons. The van der Waals surface area contributed by atoms with Crippen molar-refractivity contribution in [2.75, 3.05) is 57.4 Å². The van der Waals surface area contributed by atoms with Crippen LogP contribution in [0.5, 0.6) is 0 Å². The average Bonchev–Trinajstić information content (AvgIpc) is 2.92. The number of pyridine rings is 1. The highest BCUT2D eigenvalue weighted by Crippen LogP contribution is 2.39. The number of aromatic nitrogens is 1. The fourth-order valence-electron chi connectivity index (χ4n) is 5.09. The van der Waals surface area contributed by atoms with Crippen LogP contribution in [-0.2, 0) is 32.1 Å². The van der Waals surface area contributed by atoms with E-state index in [1.54, 1.807) is 9.80 Å². The average molecular weight is 490 g/mol. The first kappa shape index (κ1) is 24.2. The van der Waals surface area contributed by atoms with Gasteiger partial charge in [-0.2, -0.15) is 5.26 Å². The minimum atomic E-state index is -0.473. The van der Waals surface area contributed by atoms with E-state index in [4.69, 9.17) is 14.5 Å². The Bertz CT molecular complexity index is 1190. The van der Waals surface area contributed by atoms with Crippen LogP contribution in [0.3, 0.4) is 0 Å². The van der Waals surface area contributed by atoms with Crippen LogP contribution in [0, 0.1) is 11.3 Å². The summed E-state index contributed by atoms with van der Waals surface area (Å²) in [5.74, 6) is -0.302. The van der Waals surface area contributed by atoms with E-state index in [9.17, 15) is 14.9 Å². The smallest absolute Gasteiger partial charge is 0.312 e. The summed E-state index contributed by atoms with van der Waals surface area (Å²) in [6.45, 7) is 8.06. The third kappa shape index (κ3) is 4.66. The minimum Gasteiger partial charge on any atom is -0.378 e. The van der Waals surface area contributed by atoms with Gasteiger partial charge in [0.25, 0.3) is 0 Å². The second-order valence-electron chi connectivity index (χ2n) is 10.0. The second kappa shape index (κ2) is 9.88. The number of benzene rings is 1. The van der Waals surface area contributed by atoms with Crippen molar-refractivity contribution >= 4 is 17.6 Å². The molecule has 3 aliphatic rings. The Labute approximate surface area is 211 Å². The SMILES string of the molecule is CC1(C)Cc2c(C#N)c(N3CCN(C(=O)C(=O)N4CCOCC4)CC3)nc(-c3ccccc3)c2CO1. The monoisotopic (exact) mass is 489 g/mol. The first-order chi connectivity index (χ1) is 17.4. The van der Waals surface area contributed by atoms with Crippen molar-refractivity contribution in [3.63, 3.8) is 0 Å². The maximum atomic E-state index is 12.9. The molecule has 2 fully saturated rings. The predicted molar refractivity (Wildman–Crippen MR) is 133 cm³/mol. The second-order valence-corrected chi connectivity index (χ2v) is 10.0. The molecule has 4 heterocycles. The normalized spacial score (nSPS) is 19.4. The number of carbonyl (C=O) groups is 2. The van der Waals surface area contributed by atoms with Crippen LogP contribution in [-0.4, -0.2) is 84.7 Å². The maximum absolute atomic E-state index is 12.9. The van der Waals surface area contributed by atoms with Crippen LogP contribution in [0.15, 0.2) is 30.3 Å². The number of hydrogen-bond donors (Lipinski definition) is 0. The molecule has 0 bridgehead atoms. The summed E-state index contributed by atoms with van der Waals surface area (Å²) in [6, 6.07) is 12.4. The standard InChI is InChI=1S/C27H31N5O4/c1-27(2)16-20-21(17-28)24(29-23(22(20)18-36-27)19-6-4-3-5-7-19)30-8-10-31(11-9-30)25(33)26(34)32-12-14-35-15-13-32/h3-7H,8-16,18H2,1-2H3. The van der Waals surface area contributed by atoms with Gasteiger partial charge in [0, 0.05) is 56.8 Å². The molecule has 9 nitrogen and oxygen atoms in total. The summed E-state index contributed by atoms with van der Waals surface area (Å²) in [5, 5.41) is 10.2. The lowest BCUT2D eigenvalue weighted by Crippen LogP contribution is -2.55. The predicted octanol–water partition coefficient (Wildman–Crippen LogP) is 1.98. The Morgan fingerprint density at radius 3 is 2.22 bits per heavy atom. The van der Waals surface area contributed by atoms with Crippen LogP contribution in [0.2, 0.25) is 0 Å². The van der Waals surface area contributed by atoms with Gasteiger partial charge in [-0.15, -0.1) is 0 Å². The van der Waals surface area contributed by atoms with Crippen LogP contribution >= 0.6 is 0 Å². The van der Waals surface area contributed by atoms with Crippen molar-refractivity contribution in [3.8, 4) is 17.3 Å². The van der Waals surface area contributed by atoms with E-state index in [1.807, 2.05) is 44.2 Å². The van der Waals surface area contributed by atoms with Crippen LogP contribution < -0.4 is 4.90 Å². The van der Waals surface area contributed by atoms with Crippen LogP contribution in [0.25, 0.3) is 11.3 Å². The number of anilines is 1. The van der Waals surface area contributed by atoms with E-state index in [2.05, 4.69) is 11.0 Å². The molecule has 0 aliphatic carbocycles. The molecule has 36 heavy (non-hydrogen) atoms. The molecule has 0 atom stereocenters. The van der Waals surface area contributed by atoms with Crippen molar-refractivity contribution < 1.29 is 19.1 Å². The fourth-order valence-corrected chi connectivity index (χ4v) is 5.09. The van der Waals surface area contributed by atoms with Crippen molar-refractivity contribution in [2.24, 2.45) is 0 Å². The summed E-state index contributed by atoms with van der Waals surface area (Å²) in [5.41, 5.74) is 3.95. The number of amides is 2. The quantitative estimate of drug-likeness (QED) is 0.595. The van der Waals surface area contributed by atoms with Crippen molar-refractivity contribution in [1.82, 2.24) is 14.8 Å². The van der Waals surface area contributed by atoms with Gasteiger partial charge < -0.3 is 24.2 Å². The number of nitriles is 1. The molecule has 0 N–H and O–H groups in total. The van der Waals surface area contributed by atoms with E-state index in [1.165, 1.54) is 0 Å². The number of fused-ring (bicyclic) bond motifs is 1. The molecule has 0 radical (unpaired) electrons. The van der Waals surface area contributed by atoms with Gasteiger partial charge in [0.05, 0.1) is 36.7 Å². The molecule has 9 heteroatoms. The summed E-state index contributed by atoms with van der Waals surface area (Å²) >= 11 is 0. The number of carbonyl (C=O) groups excluding carboxylic acids is 2. The first-order valence-electron chi connectivity index (χ1n) is 12.4. The number of rotatable bonds is 2. The molecular formula is C27H31N5O4. The highest BCUT2D eigenvalue weighted by atomic mass is 16.5. The Kier molecular flexibility index (Phi) is 6.65. The molecule has 0 saturated carbocycles. The minimum absolute atomic E-state index is 0.379. The molecule has 2 aromatic rings. The molecule has 2 saturated heterocycles. The van der Waals surface area contributed by atoms with Gasteiger partial charge in [0.1, 0.15) is 11.9 Å². The van der Waals surface area contributed by atoms with Crippen molar-refractivity contribution in [3.05, 3.63) is 47.0 Å². The lowest BCUT2D eigenvalue weighted by atomic mass is 9.86. The zero-order valence-electron chi connectivity index (χ0n) is 20.8. The Balaban J connectivity index is 1.42. The molecule has 5 rings (SSSR count). The largest absolute Gasteiger partial charge is 0.378 e. The van der Waals surface area contributed by atoms with Gasteiger partial charge in [0.15, 0.2) is 0 Å². The van der Waals surface area contributed by atoms with Gasteiger partial charge in [-0.1, -0.05) is 30.3 Å². The van der Waals surface area contributed by atoms with Gasteiger partial charge in [-0.05, 0) is 19.4 Å². The van der Waals surface area contributed by atoms with Gasteiger partial charge >= 0.3 is 11.8 Å². The van der Waals surface area contributed by atoms with E-state index < -0.39 is 11.8 Å². The maximum Gasteiger partial charge on any atom is 0.312 e. The van der Waals surface area contributed by atoms with Gasteiger partial charge in [-0.25, -0.2) is 4.98 Å². The van der Waals surface area contributed by atoms with E-state index >= 15 is 0 Å². The molecular weight excluding hydrogens is 458 g/mol. The molecule has 0 spiro atoms. The summed E-state index contributed by atoms with van der Waals surface area (Å²) < 4.78 is 11.4. The van der Waals surface area contributed by atoms with E-state index in [0.717, 1.165) is 22.4 Å². The zero-order valence-corrected chi connectivity index (χ0v) is 20.8. The number of nitrogens with zero attached hydrogens (tertiary/aromatic N) is 5. The van der Waals surface area contributed by atoms with Crippen LogP contribution in [0.1, 0.15) is 30.5 Å². The Hall–Kier alpha value is -3.48. The van der Waals surface area contributed by atoms with E-state index in [-0.39, 0.29) is 5.60 Å². The lowest BCUT2D eigenvalue weighted by molar-refractivity contribution is -0.154. The van der Waals surface area contributed by atoms with Gasteiger partial charge in [-0.3, -0.25) is 9.59 Å².